The molecule has 0 bridgehead atoms. The quantitative estimate of drug-likeness (QED) is 0.208. The first kappa shape index (κ1) is 38.3. The van der Waals surface area contributed by atoms with Gasteiger partial charge in [-0.15, -0.1) is 0 Å². The van der Waals surface area contributed by atoms with Gasteiger partial charge in [-0.05, 0) is 164 Å². The van der Waals surface area contributed by atoms with Crippen molar-refractivity contribution >= 4 is 0 Å². The fourth-order valence-corrected chi connectivity index (χ4v) is 14.6. The van der Waals surface area contributed by atoms with Crippen molar-refractivity contribution in [1.82, 2.24) is 9.80 Å². The van der Waals surface area contributed by atoms with Crippen LogP contribution in [-0.2, 0) is 0 Å². The zero-order valence-corrected chi connectivity index (χ0v) is 34.2. The molecule has 0 N–H and O–H groups in total. The van der Waals surface area contributed by atoms with Crippen LogP contribution in [-0.4, -0.2) is 46.1 Å². The van der Waals surface area contributed by atoms with E-state index in [0.29, 0.717) is 0 Å². The maximum Gasteiger partial charge on any atom is 0.0133 e. The van der Waals surface area contributed by atoms with Crippen LogP contribution >= 0.6 is 0 Å². The Hall–Kier alpha value is -0.600. The summed E-state index contributed by atoms with van der Waals surface area (Å²) in [4.78, 5) is 6.71. The van der Waals surface area contributed by atoms with Crippen molar-refractivity contribution in [2.45, 2.75) is 255 Å². The Morgan fingerprint density at radius 3 is 0.846 bits per heavy atom. The molecule has 8 fully saturated rings. The summed E-state index contributed by atoms with van der Waals surface area (Å²) in [5.74, 6) is 5.47. The van der Waals surface area contributed by atoms with E-state index in [2.05, 4.69) is 34.1 Å². The number of rotatable bonds is 10. The lowest BCUT2D eigenvalue weighted by Gasteiger charge is -2.58. The van der Waals surface area contributed by atoms with Crippen LogP contribution in [0.4, 0.5) is 0 Å². The molecule has 0 radical (unpaired) electrons. The minimum atomic E-state index is 0.867. The minimum Gasteiger partial charge on any atom is -0.294 e. The van der Waals surface area contributed by atoms with Gasteiger partial charge in [0.2, 0.25) is 0 Å². The maximum atomic E-state index is 3.36. The van der Waals surface area contributed by atoms with Crippen molar-refractivity contribution in [2.24, 2.45) is 35.5 Å². The number of nitrogens with zero attached hydrogens (tertiary/aromatic N) is 2. The standard InChI is InChI=1S/C50H84N2/c1-5-15-39(16-6-1)25-27-41-29-33-45(34-30-41)51(43-19-9-3-10-20-43)49-37-38-50(48-24-14-13-23-47(48)49)52(44-21-11-4-12-22-44)46-35-31-42(32-36-46)28-26-40-17-7-2-8-18-40/h25-28,39-50H,1-24,29-38H2. The van der Waals surface area contributed by atoms with Crippen LogP contribution in [0.3, 0.4) is 0 Å². The highest BCUT2D eigenvalue weighted by Gasteiger charge is 2.49. The molecule has 8 saturated carbocycles. The van der Waals surface area contributed by atoms with Crippen LogP contribution in [0.15, 0.2) is 24.3 Å². The summed E-state index contributed by atoms with van der Waals surface area (Å²) in [7, 11) is 0. The SMILES string of the molecule is C(=CC1CCC(N(C2CCCCC2)C2CCC(N(C3CCCCC3)C3CCC(C=CC4CCCCC4)CC3)C3CCCCC32)CC1)C1CCCCC1. The van der Waals surface area contributed by atoms with Crippen molar-refractivity contribution < 1.29 is 0 Å². The lowest BCUT2D eigenvalue weighted by Crippen LogP contribution is -2.62. The van der Waals surface area contributed by atoms with Crippen LogP contribution in [0.25, 0.3) is 0 Å². The highest BCUT2D eigenvalue weighted by molar-refractivity contribution is 5.05. The molecule has 0 spiro atoms. The summed E-state index contributed by atoms with van der Waals surface area (Å²) in [6.45, 7) is 0. The third-order valence-electron chi connectivity index (χ3n) is 17.3. The number of fused-ring (bicyclic) bond motifs is 1. The number of hydrogen-bond donors (Lipinski definition) is 0. The molecule has 2 heteroatoms. The lowest BCUT2D eigenvalue weighted by atomic mass is 9.63. The van der Waals surface area contributed by atoms with Crippen LogP contribution in [0.5, 0.6) is 0 Å². The zero-order valence-electron chi connectivity index (χ0n) is 34.2. The second kappa shape index (κ2) is 19.5. The molecule has 8 rings (SSSR count). The second-order valence-electron chi connectivity index (χ2n) is 20.5. The summed E-state index contributed by atoms with van der Waals surface area (Å²) >= 11 is 0. The third kappa shape index (κ3) is 9.67. The summed E-state index contributed by atoms with van der Waals surface area (Å²) in [6, 6.07) is 5.30. The van der Waals surface area contributed by atoms with Gasteiger partial charge in [0.1, 0.15) is 0 Å². The Balaban J connectivity index is 0.958. The Bertz CT molecular complexity index is 984. The minimum absolute atomic E-state index is 0.867. The van der Waals surface area contributed by atoms with Crippen molar-refractivity contribution in [3.63, 3.8) is 0 Å². The van der Waals surface area contributed by atoms with Crippen molar-refractivity contribution in [3.8, 4) is 0 Å². The monoisotopic (exact) mass is 713 g/mol. The van der Waals surface area contributed by atoms with E-state index < -0.39 is 0 Å². The van der Waals surface area contributed by atoms with Gasteiger partial charge in [-0.25, -0.2) is 0 Å². The molecule has 0 saturated heterocycles. The maximum absolute atomic E-state index is 3.36. The average molecular weight is 713 g/mol. The Labute approximate surface area is 323 Å². The van der Waals surface area contributed by atoms with Crippen LogP contribution in [0.2, 0.25) is 0 Å². The van der Waals surface area contributed by atoms with Crippen molar-refractivity contribution in [3.05, 3.63) is 24.3 Å². The molecular formula is C50H84N2. The predicted octanol–water partition coefficient (Wildman–Crippen LogP) is 14.0. The zero-order chi connectivity index (χ0) is 35.0. The van der Waals surface area contributed by atoms with E-state index >= 15 is 0 Å². The predicted molar refractivity (Wildman–Crippen MR) is 223 cm³/mol. The molecule has 0 aromatic carbocycles. The first-order chi connectivity index (χ1) is 25.8. The lowest BCUT2D eigenvalue weighted by molar-refractivity contribution is -0.0861. The smallest absolute Gasteiger partial charge is 0.0133 e. The van der Waals surface area contributed by atoms with E-state index in [0.717, 1.165) is 71.8 Å². The van der Waals surface area contributed by atoms with E-state index in [1.165, 1.54) is 205 Å². The van der Waals surface area contributed by atoms with E-state index in [1.54, 1.807) is 12.8 Å². The summed E-state index contributed by atoms with van der Waals surface area (Å²) in [5.41, 5.74) is 0. The Morgan fingerprint density at radius 2 is 0.500 bits per heavy atom. The highest BCUT2D eigenvalue weighted by atomic mass is 15.3. The van der Waals surface area contributed by atoms with Crippen LogP contribution in [0, 0.1) is 35.5 Å². The Kier molecular flexibility index (Phi) is 14.4. The molecule has 4 unspecified atom stereocenters. The van der Waals surface area contributed by atoms with Gasteiger partial charge in [0.25, 0.3) is 0 Å². The molecular weight excluding hydrogens is 629 g/mol. The van der Waals surface area contributed by atoms with E-state index in [4.69, 9.17) is 0 Å². The summed E-state index contributed by atoms with van der Waals surface area (Å²) in [6.07, 6.45) is 61.5. The van der Waals surface area contributed by atoms with Gasteiger partial charge in [0.05, 0.1) is 0 Å². The van der Waals surface area contributed by atoms with Crippen LogP contribution in [0.1, 0.15) is 218 Å². The molecule has 0 aromatic rings. The van der Waals surface area contributed by atoms with Gasteiger partial charge >= 0.3 is 0 Å². The average Bonchev–Trinajstić information content (AvgIpc) is 3.22. The van der Waals surface area contributed by atoms with E-state index in [-0.39, 0.29) is 0 Å². The first-order valence-corrected chi connectivity index (χ1v) is 24.7. The summed E-state index contributed by atoms with van der Waals surface area (Å²) < 4.78 is 0. The first-order valence-electron chi connectivity index (χ1n) is 24.7. The van der Waals surface area contributed by atoms with Crippen LogP contribution < -0.4 is 0 Å². The fraction of sp³-hybridized carbons (Fsp3) is 0.920. The molecule has 52 heavy (non-hydrogen) atoms. The molecule has 8 aliphatic rings. The van der Waals surface area contributed by atoms with E-state index in [1.807, 2.05) is 0 Å². The molecule has 0 amide bonds. The molecule has 2 nitrogen and oxygen atoms in total. The normalized spacial score (nSPS) is 38.7. The molecule has 0 aliphatic heterocycles. The van der Waals surface area contributed by atoms with Crippen molar-refractivity contribution in [1.29, 1.82) is 0 Å². The highest BCUT2D eigenvalue weighted by Crippen LogP contribution is 2.50. The van der Waals surface area contributed by atoms with E-state index in [9.17, 15) is 0 Å². The number of allylic oxidation sites excluding steroid dienone is 4. The number of hydrogen-bond acceptors (Lipinski definition) is 2. The van der Waals surface area contributed by atoms with Gasteiger partial charge in [0, 0.05) is 36.3 Å². The molecule has 294 valence electrons. The van der Waals surface area contributed by atoms with Gasteiger partial charge in [-0.2, -0.15) is 0 Å². The van der Waals surface area contributed by atoms with Gasteiger partial charge in [-0.3, -0.25) is 9.80 Å². The fourth-order valence-electron chi connectivity index (χ4n) is 14.6. The molecule has 0 aromatic heterocycles. The van der Waals surface area contributed by atoms with Gasteiger partial charge in [0.15, 0.2) is 0 Å². The molecule has 4 atom stereocenters. The summed E-state index contributed by atoms with van der Waals surface area (Å²) in [5, 5.41) is 0. The van der Waals surface area contributed by atoms with Crippen molar-refractivity contribution in [2.75, 3.05) is 0 Å². The van der Waals surface area contributed by atoms with Gasteiger partial charge < -0.3 is 0 Å². The van der Waals surface area contributed by atoms with Gasteiger partial charge in [-0.1, -0.05) is 114 Å². The third-order valence-corrected chi connectivity index (χ3v) is 17.3. The largest absolute Gasteiger partial charge is 0.294 e. The Morgan fingerprint density at radius 1 is 0.231 bits per heavy atom. The molecule has 0 heterocycles. The molecule has 8 aliphatic carbocycles. The second-order valence-corrected chi connectivity index (χ2v) is 20.5. The topological polar surface area (TPSA) is 6.48 Å².